The average Bonchev–Trinajstić information content (AvgIpc) is 2.69. The first-order valence-electron chi connectivity index (χ1n) is 9.92. The lowest BCUT2D eigenvalue weighted by atomic mass is 9.83. The molecule has 0 amide bonds. The molecule has 5 heterocycles. The van der Waals surface area contributed by atoms with Crippen LogP contribution >= 0.6 is 0 Å². The number of fused-ring (bicyclic) bond motifs is 5. The Labute approximate surface area is 164 Å². The van der Waals surface area contributed by atoms with Crippen LogP contribution in [0.1, 0.15) is 23.6 Å². The minimum absolute atomic E-state index is 0.182. The van der Waals surface area contributed by atoms with Crippen LogP contribution in [0.15, 0.2) is 47.5 Å². The van der Waals surface area contributed by atoms with Crippen molar-refractivity contribution in [1.29, 1.82) is 0 Å². The van der Waals surface area contributed by atoms with Gasteiger partial charge in [-0.05, 0) is 50.7 Å². The first-order chi connectivity index (χ1) is 13.6. The van der Waals surface area contributed by atoms with Crippen LogP contribution in [0.3, 0.4) is 0 Å². The van der Waals surface area contributed by atoms with Gasteiger partial charge in [-0.15, -0.1) is 0 Å². The van der Waals surface area contributed by atoms with Gasteiger partial charge in [0.2, 0.25) is 0 Å². The molecule has 0 aliphatic carbocycles. The third kappa shape index (κ3) is 2.88. The number of piperidine rings is 1. The Kier molecular flexibility index (Phi) is 4.16. The fraction of sp³-hybridized carbons (Fsp3) is 0.409. The summed E-state index contributed by atoms with van der Waals surface area (Å²) >= 11 is 0. The first-order valence-corrected chi connectivity index (χ1v) is 9.92. The molecule has 0 N–H and O–H groups in total. The molecule has 3 aromatic heterocycles. The summed E-state index contributed by atoms with van der Waals surface area (Å²) < 4.78 is 2.03. The average molecular weight is 375 g/mol. The molecular weight excluding hydrogens is 350 g/mol. The van der Waals surface area contributed by atoms with E-state index < -0.39 is 0 Å². The number of rotatable bonds is 3. The van der Waals surface area contributed by atoms with Crippen LogP contribution in [0.25, 0.3) is 10.9 Å². The molecular formula is C22H25N5O. The maximum Gasteiger partial charge on any atom is 0.255 e. The van der Waals surface area contributed by atoms with Crippen molar-refractivity contribution in [2.24, 2.45) is 5.92 Å². The molecule has 144 valence electrons. The summed E-state index contributed by atoms with van der Waals surface area (Å²) in [4.78, 5) is 26.6. The normalized spacial score (nSPS) is 21.2. The highest BCUT2D eigenvalue weighted by atomic mass is 16.1. The molecule has 6 nitrogen and oxygen atoms in total. The van der Waals surface area contributed by atoms with Gasteiger partial charge in [-0.3, -0.25) is 9.78 Å². The van der Waals surface area contributed by atoms with Crippen LogP contribution in [-0.4, -0.2) is 46.6 Å². The summed E-state index contributed by atoms with van der Waals surface area (Å²) in [6.07, 6.45) is 4.82. The van der Waals surface area contributed by atoms with Crippen LogP contribution in [0, 0.1) is 5.92 Å². The Bertz CT molecular complexity index is 1080. The Hall–Kier alpha value is -2.73. The summed E-state index contributed by atoms with van der Waals surface area (Å²) in [6.45, 7) is 3.31. The molecule has 2 bridgehead atoms. The number of pyridine rings is 3. The van der Waals surface area contributed by atoms with Crippen molar-refractivity contribution in [2.75, 3.05) is 32.1 Å². The van der Waals surface area contributed by atoms with Gasteiger partial charge in [0.15, 0.2) is 0 Å². The summed E-state index contributed by atoms with van der Waals surface area (Å²) in [5.74, 6) is 1.84. The molecule has 0 saturated carbocycles. The molecule has 1 saturated heterocycles. The minimum Gasteiger partial charge on any atom is -0.355 e. The zero-order chi connectivity index (χ0) is 19.3. The van der Waals surface area contributed by atoms with E-state index in [1.54, 1.807) is 0 Å². The fourth-order valence-electron chi connectivity index (χ4n) is 4.86. The van der Waals surface area contributed by atoms with Crippen molar-refractivity contribution in [3.63, 3.8) is 0 Å². The van der Waals surface area contributed by atoms with Gasteiger partial charge in [-0.2, -0.15) is 0 Å². The topological polar surface area (TPSA) is 54.3 Å². The SMILES string of the molecule is CN(C)Cc1ccc2n(c1=O)C[C@H]1C[C@@H]2CN(c2nccc3ncccc23)C1. The van der Waals surface area contributed by atoms with Crippen LogP contribution in [0.5, 0.6) is 0 Å². The van der Waals surface area contributed by atoms with Gasteiger partial charge in [0.1, 0.15) is 5.82 Å². The Morgan fingerprint density at radius 1 is 1.07 bits per heavy atom. The molecule has 0 unspecified atom stereocenters. The first kappa shape index (κ1) is 17.4. The molecule has 3 aromatic rings. The van der Waals surface area contributed by atoms with Crippen molar-refractivity contribution in [1.82, 2.24) is 19.4 Å². The molecule has 2 aliphatic rings. The van der Waals surface area contributed by atoms with Crippen LogP contribution in [0.4, 0.5) is 5.82 Å². The molecule has 1 fully saturated rings. The second-order valence-electron chi connectivity index (χ2n) is 8.35. The largest absolute Gasteiger partial charge is 0.355 e. The third-order valence-electron chi connectivity index (χ3n) is 5.98. The standard InChI is InChI=1S/C22H25N5O/c1-25(2)13-16-5-6-20-17-10-15(12-27(20)22(16)28)11-26(14-17)21-18-4-3-8-23-19(18)7-9-24-21/h3-9,15,17H,10-14H2,1-2H3/t15-,17+/m0/s1. The van der Waals surface area contributed by atoms with Gasteiger partial charge in [-0.25, -0.2) is 4.98 Å². The summed E-state index contributed by atoms with van der Waals surface area (Å²) in [6, 6.07) is 10.2. The zero-order valence-corrected chi connectivity index (χ0v) is 16.4. The molecule has 2 atom stereocenters. The lowest BCUT2D eigenvalue weighted by molar-refractivity contribution is 0.279. The Morgan fingerprint density at radius 2 is 1.96 bits per heavy atom. The van der Waals surface area contributed by atoms with E-state index >= 15 is 0 Å². The van der Waals surface area contributed by atoms with Crippen LogP contribution in [-0.2, 0) is 13.1 Å². The molecule has 2 aliphatic heterocycles. The maximum absolute atomic E-state index is 13.0. The number of nitrogens with zero attached hydrogens (tertiary/aromatic N) is 5. The van der Waals surface area contributed by atoms with Crippen molar-refractivity contribution in [2.45, 2.75) is 25.4 Å². The second kappa shape index (κ2) is 6.71. The molecule has 0 aromatic carbocycles. The third-order valence-corrected chi connectivity index (χ3v) is 5.98. The van der Waals surface area contributed by atoms with Crippen molar-refractivity contribution in [3.05, 3.63) is 64.3 Å². The van der Waals surface area contributed by atoms with Gasteiger partial charge >= 0.3 is 0 Å². The number of aromatic nitrogens is 3. The van der Waals surface area contributed by atoms with Gasteiger partial charge in [0.25, 0.3) is 5.56 Å². The Balaban J connectivity index is 1.51. The van der Waals surface area contributed by atoms with E-state index in [9.17, 15) is 4.79 Å². The van der Waals surface area contributed by atoms with E-state index in [0.717, 1.165) is 48.3 Å². The summed E-state index contributed by atoms with van der Waals surface area (Å²) in [5.41, 5.74) is 3.22. The molecule has 0 radical (unpaired) electrons. The van der Waals surface area contributed by atoms with Gasteiger partial charge < -0.3 is 14.4 Å². The maximum atomic E-state index is 13.0. The number of hydrogen-bond donors (Lipinski definition) is 0. The van der Waals surface area contributed by atoms with Crippen molar-refractivity contribution < 1.29 is 0 Å². The summed E-state index contributed by atoms with van der Waals surface area (Å²) in [5, 5.41) is 1.10. The second-order valence-corrected chi connectivity index (χ2v) is 8.35. The number of hydrogen-bond acceptors (Lipinski definition) is 5. The number of anilines is 1. The van der Waals surface area contributed by atoms with E-state index in [0.29, 0.717) is 18.4 Å². The quantitative estimate of drug-likeness (QED) is 0.704. The van der Waals surface area contributed by atoms with Gasteiger partial charge in [0, 0.05) is 61.1 Å². The van der Waals surface area contributed by atoms with E-state index in [-0.39, 0.29) is 5.56 Å². The van der Waals surface area contributed by atoms with E-state index in [1.165, 1.54) is 5.69 Å². The Morgan fingerprint density at radius 3 is 2.82 bits per heavy atom. The lowest BCUT2D eigenvalue weighted by Crippen LogP contribution is -2.48. The smallest absolute Gasteiger partial charge is 0.255 e. The van der Waals surface area contributed by atoms with Gasteiger partial charge in [-0.1, -0.05) is 6.07 Å². The van der Waals surface area contributed by atoms with Crippen LogP contribution in [0.2, 0.25) is 0 Å². The molecule has 6 heteroatoms. The molecule has 5 rings (SSSR count). The zero-order valence-electron chi connectivity index (χ0n) is 16.4. The highest BCUT2D eigenvalue weighted by Crippen LogP contribution is 2.38. The van der Waals surface area contributed by atoms with E-state index in [1.807, 2.05) is 49.3 Å². The summed E-state index contributed by atoms with van der Waals surface area (Å²) in [7, 11) is 4.00. The highest BCUT2D eigenvalue weighted by Gasteiger charge is 2.35. The predicted molar refractivity (Wildman–Crippen MR) is 111 cm³/mol. The fourth-order valence-corrected chi connectivity index (χ4v) is 4.86. The van der Waals surface area contributed by atoms with Crippen molar-refractivity contribution >= 4 is 16.7 Å². The van der Waals surface area contributed by atoms with E-state index in [4.69, 9.17) is 4.98 Å². The lowest BCUT2D eigenvalue weighted by Gasteiger charge is -2.43. The van der Waals surface area contributed by atoms with Gasteiger partial charge in [0.05, 0.1) is 5.52 Å². The van der Waals surface area contributed by atoms with Crippen molar-refractivity contribution in [3.8, 4) is 0 Å². The predicted octanol–water partition coefficient (Wildman–Crippen LogP) is 2.48. The molecule has 0 spiro atoms. The minimum atomic E-state index is 0.182. The molecule has 28 heavy (non-hydrogen) atoms. The van der Waals surface area contributed by atoms with E-state index in [2.05, 4.69) is 26.9 Å². The highest BCUT2D eigenvalue weighted by molar-refractivity contribution is 5.89. The monoisotopic (exact) mass is 375 g/mol. The van der Waals surface area contributed by atoms with Crippen LogP contribution < -0.4 is 10.5 Å².